The van der Waals surface area contributed by atoms with E-state index in [1.54, 1.807) is 0 Å². The van der Waals surface area contributed by atoms with Gasteiger partial charge in [-0.25, -0.2) is 9.98 Å². The van der Waals surface area contributed by atoms with Crippen molar-refractivity contribution in [2.75, 3.05) is 0 Å². The molecule has 4 heteroatoms. The number of rotatable bonds is 6. The first kappa shape index (κ1) is 41.0. The molecule has 1 unspecified atom stereocenters. The predicted molar refractivity (Wildman–Crippen MR) is 304 cm³/mol. The van der Waals surface area contributed by atoms with Crippen molar-refractivity contribution in [2.24, 2.45) is 9.98 Å². The first-order valence-corrected chi connectivity index (χ1v) is 25.5. The zero-order chi connectivity index (χ0) is 48.5. The molecule has 0 fully saturated rings. The Morgan fingerprint density at radius 3 is 1.64 bits per heavy atom. The summed E-state index contributed by atoms with van der Waals surface area (Å²) in [6, 6.07) is 90.8. The van der Waals surface area contributed by atoms with Crippen molar-refractivity contribution in [3.05, 3.63) is 288 Å². The number of amidine groups is 2. The van der Waals surface area contributed by atoms with Crippen LogP contribution in [0.25, 0.3) is 99.1 Å². The topological polar surface area (TPSA) is 49.9 Å². The maximum absolute atomic E-state index is 6.43. The van der Waals surface area contributed by atoms with Crippen molar-refractivity contribution in [3.8, 4) is 55.6 Å². The molecule has 2 aliphatic carbocycles. The maximum Gasteiger partial charge on any atom is 0.159 e. The minimum Gasteiger partial charge on any atom is -0.456 e. The largest absolute Gasteiger partial charge is 0.456 e. The van der Waals surface area contributed by atoms with E-state index in [0.29, 0.717) is 5.84 Å². The van der Waals surface area contributed by atoms with Gasteiger partial charge in [-0.15, -0.1) is 0 Å². The third-order valence-electron chi connectivity index (χ3n) is 16.1. The lowest BCUT2D eigenvalue weighted by Gasteiger charge is -2.31. The van der Waals surface area contributed by atoms with Crippen molar-refractivity contribution < 1.29 is 4.42 Å². The fourth-order valence-electron chi connectivity index (χ4n) is 12.9. The smallest absolute Gasteiger partial charge is 0.159 e. The second-order valence-corrected chi connectivity index (χ2v) is 19.9. The van der Waals surface area contributed by atoms with Gasteiger partial charge >= 0.3 is 0 Å². The normalized spacial score (nSPS) is 15.0. The van der Waals surface area contributed by atoms with E-state index in [4.69, 9.17) is 14.4 Å². The summed E-state index contributed by atoms with van der Waals surface area (Å²) in [4.78, 5) is 10.2. The van der Waals surface area contributed by atoms with Crippen LogP contribution in [0.5, 0.6) is 0 Å². The molecule has 13 aromatic rings. The Morgan fingerprint density at radius 1 is 0.351 bits per heavy atom. The van der Waals surface area contributed by atoms with Gasteiger partial charge in [0.25, 0.3) is 0 Å². The minimum atomic E-state index is -0.523. The average Bonchev–Trinajstić information content (AvgIpc) is 4.12. The van der Waals surface area contributed by atoms with Crippen molar-refractivity contribution in [2.45, 2.75) is 11.6 Å². The van der Waals surface area contributed by atoms with Gasteiger partial charge in [-0.1, -0.05) is 212 Å². The first-order chi connectivity index (χ1) is 36.7. The van der Waals surface area contributed by atoms with E-state index in [-0.39, 0.29) is 6.17 Å². The molecule has 1 N–H and O–H groups in total. The lowest BCUT2D eigenvalue weighted by molar-refractivity contribution is 0.669. The van der Waals surface area contributed by atoms with E-state index < -0.39 is 5.41 Å². The van der Waals surface area contributed by atoms with Crippen LogP contribution in [-0.4, -0.2) is 11.7 Å². The van der Waals surface area contributed by atoms with Gasteiger partial charge in [0.05, 0.1) is 5.41 Å². The predicted octanol–water partition coefficient (Wildman–Crippen LogP) is 17.2. The van der Waals surface area contributed by atoms with Crippen LogP contribution >= 0.6 is 0 Å². The van der Waals surface area contributed by atoms with E-state index in [0.717, 1.165) is 50.4 Å². The Morgan fingerprint density at radius 2 is 0.905 bits per heavy atom. The number of benzene rings is 12. The maximum atomic E-state index is 6.43. The summed E-state index contributed by atoms with van der Waals surface area (Å²) in [7, 11) is 0. The molecule has 344 valence electrons. The summed E-state index contributed by atoms with van der Waals surface area (Å²) >= 11 is 0. The zero-order valence-electron chi connectivity index (χ0n) is 40.1. The summed E-state index contributed by atoms with van der Waals surface area (Å²) in [5.74, 6) is 1.52. The molecule has 1 atom stereocenters. The molecule has 0 amide bonds. The standard InChI is InChI=1S/C70H43N3O/c1-3-16-42(17-4-1)67-71-68(43-18-5-2-6-19-43)73-69(72-67)49-23-12-22-46(39-49)44-20-11-21-45(38-44)47-34-37-56-61(41-47)70(58-29-9-7-24-52(58)53-25-8-10-30-59(53)70)60-31-13-26-50(64(56)60)48-35-36-51-54-27-14-32-62-65(54)66-55(57(51)40-48)28-15-33-63(66)74-62/h1-41,69H,(H,71,72,73). The molecule has 2 heterocycles. The Bertz CT molecular complexity index is 4480. The lowest BCUT2D eigenvalue weighted by atomic mass is 9.70. The third kappa shape index (κ3) is 5.85. The Balaban J connectivity index is 0.844. The highest BCUT2D eigenvalue weighted by Crippen LogP contribution is 2.64. The van der Waals surface area contributed by atoms with Gasteiger partial charge in [0.15, 0.2) is 5.84 Å². The van der Waals surface area contributed by atoms with Gasteiger partial charge in [-0.2, -0.15) is 0 Å². The monoisotopic (exact) mass is 941 g/mol. The average molecular weight is 942 g/mol. The fraction of sp³-hybridized carbons (Fsp3) is 0.0286. The van der Waals surface area contributed by atoms with Crippen LogP contribution in [0.4, 0.5) is 0 Å². The first-order valence-electron chi connectivity index (χ1n) is 25.5. The summed E-state index contributed by atoms with van der Waals surface area (Å²) in [5.41, 5.74) is 21.9. The molecule has 0 radical (unpaired) electrons. The highest BCUT2D eigenvalue weighted by Gasteiger charge is 2.52. The van der Waals surface area contributed by atoms with E-state index >= 15 is 0 Å². The van der Waals surface area contributed by atoms with Crippen LogP contribution in [0, 0.1) is 0 Å². The zero-order valence-corrected chi connectivity index (χ0v) is 40.1. The van der Waals surface area contributed by atoms with Crippen molar-refractivity contribution in [1.29, 1.82) is 0 Å². The molecular formula is C70H43N3O. The molecule has 12 aromatic carbocycles. The van der Waals surface area contributed by atoms with Gasteiger partial charge < -0.3 is 9.73 Å². The van der Waals surface area contributed by atoms with Crippen LogP contribution in [0.3, 0.4) is 0 Å². The van der Waals surface area contributed by atoms with Gasteiger partial charge in [-0.05, 0) is 141 Å². The van der Waals surface area contributed by atoms with Gasteiger partial charge in [0, 0.05) is 21.9 Å². The number of hydrogen-bond donors (Lipinski definition) is 1. The Hall–Kier alpha value is -9.64. The summed E-state index contributed by atoms with van der Waals surface area (Å²) in [6.07, 6.45) is -0.326. The van der Waals surface area contributed by atoms with Crippen LogP contribution in [0.1, 0.15) is 45.1 Å². The molecule has 74 heavy (non-hydrogen) atoms. The van der Waals surface area contributed by atoms with E-state index in [1.807, 2.05) is 36.4 Å². The van der Waals surface area contributed by atoms with Crippen LogP contribution in [-0.2, 0) is 5.41 Å². The molecule has 0 saturated heterocycles. The van der Waals surface area contributed by atoms with Crippen molar-refractivity contribution >= 4 is 55.2 Å². The molecule has 0 saturated carbocycles. The van der Waals surface area contributed by atoms with Crippen LogP contribution in [0.2, 0.25) is 0 Å². The third-order valence-corrected chi connectivity index (χ3v) is 16.1. The number of nitrogens with one attached hydrogen (secondary N) is 1. The second kappa shape index (κ2) is 15.7. The number of nitrogens with zero attached hydrogens (tertiary/aromatic N) is 2. The summed E-state index contributed by atoms with van der Waals surface area (Å²) in [5, 5.41) is 11.0. The fourth-order valence-corrected chi connectivity index (χ4v) is 12.9. The molecule has 4 nitrogen and oxygen atoms in total. The van der Waals surface area contributed by atoms with Crippen molar-refractivity contribution in [1.82, 2.24) is 5.32 Å². The summed E-state index contributed by atoms with van der Waals surface area (Å²) < 4.78 is 6.43. The van der Waals surface area contributed by atoms with E-state index in [9.17, 15) is 0 Å². The SMILES string of the molecule is c1ccc(C2=NC(c3cccc(-c4cccc(-c5ccc6c(c5)C5(c7ccccc7-c7ccccc75)c5cccc(-c7ccc8c(c7)c7cccc9oc%10cccc8c%10c97)c5-6)c4)c3)NC(c3ccccc3)=N2)cc1. The molecule has 1 aliphatic heterocycles. The summed E-state index contributed by atoms with van der Waals surface area (Å²) in [6.45, 7) is 0. The molecule has 1 spiro atoms. The number of hydrogen-bond acceptors (Lipinski definition) is 4. The molecule has 1 aromatic heterocycles. The second-order valence-electron chi connectivity index (χ2n) is 19.9. The Kier molecular flexibility index (Phi) is 8.69. The van der Waals surface area contributed by atoms with Gasteiger partial charge in [-0.3, -0.25) is 0 Å². The van der Waals surface area contributed by atoms with Crippen LogP contribution in [0.15, 0.2) is 263 Å². The number of aliphatic imine (C=N–C) groups is 2. The molecule has 3 aliphatic rings. The van der Waals surface area contributed by atoms with Gasteiger partial charge in [0.1, 0.15) is 23.2 Å². The highest BCUT2D eigenvalue weighted by molar-refractivity contribution is 6.33. The number of fused-ring (bicyclic) bond motifs is 13. The van der Waals surface area contributed by atoms with Crippen molar-refractivity contribution in [3.63, 3.8) is 0 Å². The molecule has 16 rings (SSSR count). The van der Waals surface area contributed by atoms with Gasteiger partial charge in [0.2, 0.25) is 0 Å². The molecule has 0 bridgehead atoms. The van der Waals surface area contributed by atoms with E-state index in [1.165, 1.54) is 93.5 Å². The molecular weight excluding hydrogens is 899 g/mol. The number of furan rings is 1. The minimum absolute atomic E-state index is 0.326. The Labute approximate surface area is 427 Å². The highest BCUT2D eigenvalue weighted by atomic mass is 16.3. The van der Waals surface area contributed by atoms with Crippen LogP contribution < -0.4 is 5.32 Å². The quantitative estimate of drug-likeness (QED) is 0.169. The van der Waals surface area contributed by atoms with E-state index in [2.05, 4.69) is 218 Å². The lowest BCUT2D eigenvalue weighted by Crippen LogP contribution is -2.33.